The van der Waals surface area contributed by atoms with Crippen LogP contribution in [0.2, 0.25) is 0 Å². The Hall–Kier alpha value is -1.31. The Morgan fingerprint density at radius 2 is 1.79 bits per heavy atom. The predicted molar refractivity (Wildman–Crippen MR) is 82.0 cm³/mol. The molecule has 0 aliphatic heterocycles. The molecule has 19 heavy (non-hydrogen) atoms. The zero-order chi connectivity index (χ0) is 14.8. The van der Waals surface area contributed by atoms with Gasteiger partial charge in [0.25, 0.3) is 0 Å². The molecular formula is C17H28O2. The Balaban J connectivity index is 4.16. The van der Waals surface area contributed by atoms with Gasteiger partial charge < -0.3 is 4.74 Å². The molecule has 0 aliphatic carbocycles. The predicted octanol–water partition coefficient (Wildman–Crippen LogP) is 4.82. The van der Waals surface area contributed by atoms with Crippen LogP contribution in [0.15, 0.2) is 36.0 Å². The summed E-state index contributed by atoms with van der Waals surface area (Å²) >= 11 is 0. The third-order valence-corrected chi connectivity index (χ3v) is 3.17. The topological polar surface area (TPSA) is 26.3 Å². The van der Waals surface area contributed by atoms with Crippen LogP contribution in [0.4, 0.5) is 0 Å². The molecule has 0 amide bonds. The highest BCUT2D eigenvalue weighted by Crippen LogP contribution is 2.22. The minimum Gasteiger partial charge on any atom is -0.466 e. The number of carbonyl (C=O) groups is 1. The third-order valence-electron chi connectivity index (χ3n) is 3.17. The number of esters is 1. The smallest absolute Gasteiger partial charge is 0.302 e. The van der Waals surface area contributed by atoms with Crippen molar-refractivity contribution in [3.8, 4) is 0 Å². The Bertz CT molecular complexity index is 350. The van der Waals surface area contributed by atoms with Gasteiger partial charge in [0, 0.05) is 13.3 Å². The number of carbonyl (C=O) groups excluding carboxylic acids is 1. The monoisotopic (exact) mass is 264 g/mol. The van der Waals surface area contributed by atoms with Crippen molar-refractivity contribution in [2.75, 3.05) is 6.61 Å². The Morgan fingerprint density at radius 3 is 2.26 bits per heavy atom. The molecule has 0 bridgehead atoms. The second kappa shape index (κ2) is 9.60. The fourth-order valence-corrected chi connectivity index (χ4v) is 1.79. The Labute approximate surface area is 118 Å². The molecule has 2 heteroatoms. The Morgan fingerprint density at radius 1 is 1.16 bits per heavy atom. The number of rotatable bonds is 9. The molecule has 2 nitrogen and oxygen atoms in total. The van der Waals surface area contributed by atoms with Crippen molar-refractivity contribution in [3.63, 3.8) is 0 Å². The summed E-state index contributed by atoms with van der Waals surface area (Å²) in [5.41, 5.74) is 3.72. The maximum atomic E-state index is 10.7. The van der Waals surface area contributed by atoms with Crippen LogP contribution in [-0.2, 0) is 9.53 Å². The molecule has 108 valence electrons. The first kappa shape index (κ1) is 17.7. The second-order valence-electron chi connectivity index (χ2n) is 5.42. The van der Waals surface area contributed by atoms with Crippen LogP contribution in [0.1, 0.15) is 53.4 Å². The number of allylic oxidation sites excluding steroid dienone is 3. The average molecular weight is 264 g/mol. The second-order valence-corrected chi connectivity index (χ2v) is 5.42. The van der Waals surface area contributed by atoms with E-state index in [9.17, 15) is 4.79 Å². The normalized spacial score (nSPS) is 12.9. The fraction of sp³-hybridized carbons (Fsp3) is 0.588. The van der Waals surface area contributed by atoms with Gasteiger partial charge in [0.2, 0.25) is 0 Å². The van der Waals surface area contributed by atoms with Gasteiger partial charge in [-0.25, -0.2) is 0 Å². The molecule has 0 N–H and O–H groups in total. The van der Waals surface area contributed by atoms with Gasteiger partial charge in [0.15, 0.2) is 0 Å². The van der Waals surface area contributed by atoms with Crippen molar-refractivity contribution in [2.45, 2.75) is 53.4 Å². The SMILES string of the molecule is C=C(C)CCC(CC=C(C)CCOC(C)=O)C(=C)C. The Kier molecular flexibility index (Phi) is 8.94. The molecule has 0 radical (unpaired) electrons. The van der Waals surface area contributed by atoms with Crippen LogP contribution in [0.3, 0.4) is 0 Å². The molecule has 0 fully saturated rings. The molecule has 1 atom stereocenters. The van der Waals surface area contributed by atoms with Gasteiger partial charge in [-0.15, -0.1) is 6.58 Å². The summed E-state index contributed by atoms with van der Waals surface area (Å²) in [5.74, 6) is 0.300. The van der Waals surface area contributed by atoms with E-state index in [1.807, 2.05) is 0 Å². The molecule has 0 aromatic heterocycles. The van der Waals surface area contributed by atoms with Crippen molar-refractivity contribution in [1.82, 2.24) is 0 Å². The first-order chi connectivity index (χ1) is 8.82. The van der Waals surface area contributed by atoms with E-state index in [0.29, 0.717) is 12.5 Å². The molecule has 0 aromatic carbocycles. The van der Waals surface area contributed by atoms with Crippen LogP contribution in [0.25, 0.3) is 0 Å². The molecule has 0 rings (SSSR count). The van der Waals surface area contributed by atoms with E-state index >= 15 is 0 Å². The van der Waals surface area contributed by atoms with Gasteiger partial charge in [-0.05, 0) is 46.0 Å². The molecular weight excluding hydrogens is 236 g/mol. The van der Waals surface area contributed by atoms with Crippen LogP contribution >= 0.6 is 0 Å². The minimum atomic E-state index is -0.214. The maximum absolute atomic E-state index is 10.7. The van der Waals surface area contributed by atoms with Crippen molar-refractivity contribution < 1.29 is 9.53 Å². The third kappa shape index (κ3) is 10.3. The van der Waals surface area contributed by atoms with Gasteiger partial charge in [-0.2, -0.15) is 0 Å². The lowest BCUT2D eigenvalue weighted by molar-refractivity contribution is -0.140. The first-order valence-corrected chi connectivity index (χ1v) is 6.91. The van der Waals surface area contributed by atoms with Crippen LogP contribution in [0, 0.1) is 5.92 Å². The van der Waals surface area contributed by atoms with Crippen LogP contribution in [-0.4, -0.2) is 12.6 Å². The van der Waals surface area contributed by atoms with Crippen molar-refractivity contribution in [3.05, 3.63) is 36.0 Å². The highest BCUT2D eigenvalue weighted by molar-refractivity contribution is 5.65. The van der Waals surface area contributed by atoms with Gasteiger partial charge >= 0.3 is 5.97 Å². The average Bonchev–Trinajstić information content (AvgIpc) is 2.27. The largest absolute Gasteiger partial charge is 0.466 e. The molecule has 1 unspecified atom stereocenters. The van der Waals surface area contributed by atoms with E-state index in [4.69, 9.17) is 4.74 Å². The number of ether oxygens (including phenoxy) is 1. The van der Waals surface area contributed by atoms with Gasteiger partial charge in [-0.1, -0.05) is 29.4 Å². The van der Waals surface area contributed by atoms with E-state index in [0.717, 1.165) is 25.7 Å². The van der Waals surface area contributed by atoms with E-state index in [1.54, 1.807) is 0 Å². The summed E-state index contributed by atoms with van der Waals surface area (Å²) in [6, 6.07) is 0. The fourth-order valence-electron chi connectivity index (χ4n) is 1.79. The van der Waals surface area contributed by atoms with Crippen LogP contribution < -0.4 is 0 Å². The molecule has 0 heterocycles. The van der Waals surface area contributed by atoms with Crippen molar-refractivity contribution in [2.24, 2.45) is 5.92 Å². The molecule has 0 saturated heterocycles. The van der Waals surface area contributed by atoms with Gasteiger partial charge in [0.05, 0.1) is 6.61 Å². The van der Waals surface area contributed by atoms with Gasteiger partial charge in [0.1, 0.15) is 0 Å². The number of hydrogen-bond acceptors (Lipinski definition) is 2. The van der Waals surface area contributed by atoms with Crippen molar-refractivity contribution >= 4 is 5.97 Å². The quantitative estimate of drug-likeness (QED) is 0.440. The molecule has 0 saturated carbocycles. The lowest BCUT2D eigenvalue weighted by Crippen LogP contribution is -2.02. The summed E-state index contributed by atoms with van der Waals surface area (Å²) in [7, 11) is 0. The minimum absolute atomic E-state index is 0.214. The zero-order valence-electron chi connectivity index (χ0n) is 12.9. The van der Waals surface area contributed by atoms with E-state index in [-0.39, 0.29) is 5.97 Å². The first-order valence-electron chi connectivity index (χ1n) is 6.91. The zero-order valence-corrected chi connectivity index (χ0v) is 12.9. The maximum Gasteiger partial charge on any atom is 0.302 e. The van der Waals surface area contributed by atoms with Crippen molar-refractivity contribution in [1.29, 1.82) is 0 Å². The molecule has 0 aliphatic rings. The lowest BCUT2D eigenvalue weighted by atomic mass is 9.90. The van der Waals surface area contributed by atoms with Crippen LogP contribution in [0.5, 0.6) is 0 Å². The standard InChI is InChI=1S/C17H28O2/c1-13(2)7-9-17(14(3)4)10-8-15(5)11-12-19-16(6)18/h8,17H,1,3,7,9-12H2,2,4-6H3. The number of hydrogen-bond donors (Lipinski definition) is 0. The lowest BCUT2D eigenvalue weighted by Gasteiger charge is -2.15. The van der Waals surface area contributed by atoms with E-state index < -0.39 is 0 Å². The molecule has 0 spiro atoms. The summed E-state index contributed by atoms with van der Waals surface area (Å²) in [6.07, 6.45) is 6.22. The molecule has 0 aromatic rings. The summed E-state index contributed by atoms with van der Waals surface area (Å²) in [4.78, 5) is 10.7. The summed E-state index contributed by atoms with van der Waals surface area (Å²) in [5, 5.41) is 0. The summed E-state index contributed by atoms with van der Waals surface area (Å²) < 4.78 is 4.94. The van der Waals surface area contributed by atoms with E-state index in [2.05, 4.69) is 40.0 Å². The van der Waals surface area contributed by atoms with E-state index in [1.165, 1.54) is 23.6 Å². The van der Waals surface area contributed by atoms with Gasteiger partial charge in [-0.3, -0.25) is 4.79 Å². The summed E-state index contributed by atoms with van der Waals surface area (Å²) in [6.45, 7) is 16.2. The highest BCUT2D eigenvalue weighted by atomic mass is 16.5. The highest BCUT2D eigenvalue weighted by Gasteiger charge is 2.08.